The van der Waals surface area contributed by atoms with Crippen LogP contribution in [0.3, 0.4) is 0 Å². The molecule has 5 heteroatoms. The van der Waals surface area contributed by atoms with Crippen LogP contribution in [0.15, 0.2) is 34.9 Å². The van der Waals surface area contributed by atoms with Crippen LogP contribution in [0.4, 0.5) is 0 Å². The van der Waals surface area contributed by atoms with Crippen LogP contribution in [0, 0.1) is 0 Å². The maximum absolute atomic E-state index is 12.9. The smallest absolute Gasteiger partial charge is 0.230 e. The van der Waals surface area contributed by atoms with Gasteiger partial charge in [0.1, 0.15) is 0 Å². The van der Waals surface area contributed by atoms with Gasteiger partial charge in [-0.1, -0.05) is 49.3 Å². The first-order valence-electron chi connectivity index (χ1n) is 8.89. The molecular weight excluding hydrogens is 302 g/mol. The summed E-state index contributed by atoms with van der Waals surface area (Å²) in [6.45, 7) is 5.62. The number of hydrogen-bond acceptors (Lipinski definition) is 4. The van der Waals surface area contributed by atoms with E-state index in [1.54, 1.807) is 0 Å². The summed E-state index contributed by atoms with van der Waals surface area (Å²) in [5.41, 5.74) is 1.11. The molecule has 0 aliphatic carbocycles. The molecule has 5 nitrogen and oxygen atoms in total. The molecule has 1 atom stereocenters. The largest absolute Gasteiger partial charge is 0.342 e. The van der Waals surface area contributed by atoms with Crippen molar-refractivity contribution in [2.75, 3.05) is 13.1 Å². The Morgan fingerprint density at radius 3 is 2.54 bits per heavy atom. The van der Waals surface area contributed by atoms with Crippen molar-refractivity contribution in [1.82, 2.24) is 15.0 Å². The standard InChI is InChI=1S/C19H25N3O2/c1-3-16(14-8-6-5-7-9-14)19(23)22-12-10-15(11-13-22)18-20-17(4-2)21-24-18/h5-9,15-16H,3-4,10-13H2,1-2H3/t16-/m0/s1. The lowest BCUT2D eigenvalue weighted by molar-refractivity contribution is -0.134. The van der Waals surface area contributed by atoms with Crippen molar-refractivity contribution in [3.63, 3.8) is 0 Å². The minimum absolute atomic E-state index is 0.0437. The zero-order valence-corrected chi connectivity index (χ0v) is 14.4. The number of hydrogen-bond donors (Lipinski definition) is 0. The quantitative estimate of drug-likeness (QED) is 0.843. The van der Waals surface area contributed by atoms with Crippen LogP contribution in [-0.2, 0) is 11.2 Å². The van der Waals surface area contributed by atoms with Crippen molar-refractivity contribution in [3.8, 4) is 0 Å². The van der Waals surface area contributed by atoms with Gasteiger partial charge in [0.15, 0.2) is 5.82 Å². The summed E-state index contributed by atoms with van der Waals surface area (Å²) >= 11 is 0. The van der Waals surface area contributed by atoms with Crippen molar-refractivity contribution in [3.05, 3.63) is 47.6 Å². The van der Waals surface area contributed by atoms with Crippen molar-refractivity contribution < 1.29 is 9.32 Å². The molecule has 0 spiro atoms. The molecule has 0 N–H and O–H groups in total. The van der Waals surface area contributed by atoms with Crippen LogP contribution >= 0.6 is 0 Å². The Hall–Kier alpha value is -2.17. The first kappa shape index (κ1) is 16.7. The summed E-state index contributed by atoms with van der Waals surface area (Å²) in [5.74, 6) is 1.96. The van der Waals surface area contributed by atoms with Crippen molar-refractivity contribution in [2.24, 2.45) is 0 Å². The fraction of sp³-hybridized carbons (Fsp3) is 0.526. The van der Waals surface area contributed by atoms with Crippen molar-refractivity contribution in [1.29, 1.82) is 0 Å². The molecule has 0 bridgehead atoms. The van der Waals surface area contributed by atoms with Crippen LogP contribution in [-0.4, -0.2) is 34.0 Å². The molecule has 1 aromatic carbocycles. The number of nitrogens with zero attached hydrogens (tertiary/aromatic N) is 3. The summed E-state index contributed by atoms with van der Waals surface area (Å²) in [6.07, 6.45) is 3.40. The molecule has 24 heavy (non-hydrogen) atoms. The Kier molecular flexibility index (Phi) is 5.28. The fourth-order valence-corrected chi connectivity index (χ4v) is 3.38. The van der Waals surface area contributed by atoms with Gasteiger partial charge in [-0.25, -0.2) is 0 Å². The van der Waals surface area contributed by atoms with E-state index in [-0.39, 0.29) is 17.7 Å². The van der Waals surface area contributed by atoms with E-state index in [0.717, 1.165) is 56.1 Å². The minimum atomic E-state index is -0.0437. The van der Waals surface area contributed by atoms with Gasteiger partial charge in [0, 0.05) is 25.4 Å². The van der Waals surface area contributed by atoms with Gasteiger partial charge in [-0.3, -0.25) is 4.79 Å². The van der Waals surface area contributed by atoms with Crippen LogP contribution in [0.25, 0.3) is 0 Å². The highest BCUT2D eigenvalue weighted by molar-refractivity contribution is 5.83. The number of likely N-dealkylation sites (tertiary alicyclic amines) is 1. The molecule has 0 saturated carbocycles. The highest BCUT2D eigenvalue weighted by atomic mass is 16.5. The molecule has 2 heterocycles. The number of carbonyl (C=O) groups excluding carboxylic acids is 1. The number of aromatic nitrogens is 2. The third-order valence-electron chi connectivity index (χ3n) is 4.86. The van der Waals surface area contributed by atoms with Crippen molar-refractivity contribution >= 4 is 5.91 Å². The number of aryl methyl sites for hydroxylation is 1. The molecule has 1 aliphatic heterocycles. The number of amides is 1. The number of benzene rings is 1. The Bertz CT molecular complexity index is 660. The second-order valence-corrected chi connectivity index (χ2v) is 6.37. The minimum Gasteiger partial charge on any atom is -0.342 e. The van der Waals surface area contributed by atoms with E-state index in [1.165, 1.54) is 0 Å². The van der Waals surface area contributed by atoms with Crippen LogP contribution in [0.2, 0.25) is 0 Å². The fourth-order valence-electron chi connectivity index (χ4n) is 3.38. The average Bonchev–Trinajstić information content (AvgIpc) is 3.12. The van der Waals surface area contributed by atoms with Gasteiger partial charge in [-0.2, -0.15) is 4.98 Å². The Balaban J connectivity index is 1.62. The molecule has 0 radical (unpaired) electrons. The normalized spacial score (nSPS) is 17.0. The Morgan fingerprint density at radius 2 is 1.96 bits per heavy atom. The van der Waals surface area contributed by atoms with Gasteiger partial charge in [-0.15, -0.1) is 0 Å². The maximum atomic E-state index is 12.9. The van der Waals surface area contributed by atoms with Gasteiger partial charge in [0.2, 0.25) is 11.8 Å². The van der Waals surface area contributed by atoms with E-state index in [1.807, 2.05) is 42.2 Å². The highest BCUT2D eigenvalue weighted by Crippen LogP contribution is 2.29. The van der Waals surface area contributed by atoms with Gasteiger partial charge in [0.25, 0.3) is 0 Å². The Labute approximate surface area is 143 Å². The third-order valence-corrected chi connectivity index (χ3v) is 4.86. The predicted octanol–water partition coefficient (Wildman–Crippen LogP) is 3.53. The topological polar surface area (TPSA) is 59.2 Å². The Morgan fingerprint density at radius 1 is 1.25 bits per heavy atom. The molecule has 1 fully saturated rings. The summed E-state index contributed by atoms with van der Waals surface area (Å²) in [6, 6.07) is 10.1. The monoisotopic (exact) mass is 327 g/mol. The number of piperidine rings is 1. The molecule has 2 aromatic rings. The number of rotatable bonds is 5. The first-order valence-corrected chi connectivity index (χ1v) is 8.89. The molecule has 3 rings (SSSR count). The highest BCUT2D eigenvalue weighted by Gasteiger charge is 2.30. The van der Waals surface area contributed by atoms with E-state index in [4.69, 9.17) is 4.52 Å². The summed E-state index contributed by atoms with van der Waals surface area (Å²) in [4.78, 5) is 19.3. The molecule has 1 aromatic heterocycles. The molecule has 1 saturated heterocycles. The summed E-state index contributed by atoms with van der Waals surface area (Å²) in [7, 11) is 0. The molecule has 1 amide bonds. The van der Waals surface area contributed by atoms with Crippen LogP contribution < -0.4 is 0 Å². The van der Waals surface area contributed by atoms with E-state index >= 15 is 0 Å². The molecule has 128 valence electrons. The van der Waals surface area contributed by atoms with Gasteiger partial charge in [-0.05, 0) is 24.8 Å². The van der Waals surface area contributed by atoms with Gasteiger partial charge < -0.3 is 9.42 Å². The average molecular weight is 327 g/mol. The van der Waals surface area contributed by atoms with Crippen LogP contribution in [0.1, 0.15) is 62.2 Å². The number of carbonyl (C=O) groups is 1. The summed E-state index contributed by atoms with van der Waals surface area (Å²) in [5, 5.41) is 3.98. The van der Waals surface area contributed by atoms with E-state index in [2.05, 4.69) is 17.1 Å². The lowest BCUT2D eigenvalue weighted by Crippen LogP contribution is -2.40. The lowest BCUT2D eigenvalue weighted by atomic mass is 9.92. The molecule has 0 unspecified atom stereocenters. The zero-order valence-electron chi connectivity index (χ0n) is 14.4. The van der Waals surface area contributed by atoms with E-state index in [9.17, 15) is 4.79 Å². The van der Waals surface area contributed by atoms with E-state index in [0.29, 0.717) is 0 Å². The lowest BCUT2D eigenvalue weighted by Gasteiger charge is -2.33. The summed E-state index contributed by atoms with van der Waals surface area (Å²) < 4.78 is 5.36. The van der Waals surface area contributed by atoms with Gasteiger partial charge >= 0.3 is 0 Å². The van der Waals surface area contributed by atoms with E-state index < -0.39 is 0 Å². The van der Waals surface area contributed by atoms with Gasteiger partial charge in [0.05, 0.1) is 5.92 Å². The maximum Gasteiger partial charge on any atom is 0.230 e. The zero-order chi connectivity index (χ0) is 16.9. The van der Waals surface area contributed by atoms with Crippen LogP contribution in [0.5, 0.6) is 0 Å². The predicted molar refractivity (Wildman–Crippen MR) is 91.7 cm³/mol. The SMILES string of the molecule is CCc1noc(C2CCN(C(=O)[C@@H](CC)c3ccccc3)CC2)n1. The second kappa shape index (κ2) is 7.60. The molecule has 1 aliphatic rings. The third kappa shape index (κ3) is 3.50. The van der Waals surface area contributed by atoms with Crippen molar-refractivity contribution in [2.45, 2.75) is 51.4 Å². The first-order chi connectivity index (χ1) is 11.7. The second-order valence-electron chi connectivity index (χ2n) is 6.37. The molecular formula is C19H25N3O2.